The molecule has 0 aromatic heterocycles. The van der Waals surface area contributed by atoms with Crippen LogP contribution in [0, 0.1) is 5.92 Å². The molecule has 0 aromatic rings. The van der Waals surface area contributed by atoms with E-state index in [9.17, 15) is 0 Å². The molecule has 0 saturated carbocycles. The fourth-order valence-electron chi connectivity index (χ4n) is 0.918. The zero-order valence-corrected chi connectivity index (χ0v) is 6.73. The third-order valence-electron chi connectivity index (χ3n) is 1.51. The van der Waals surface area contributed by atoms with E-state index in [1.807, 2.05) is 13.8 Å². The van der Waals surface area contributed by atoms with E-state index in [0.717, 1.165) is 5.57 Å². The molecule has 0 heterocycles. The van der Waals surface area contributed by atoms with Crippen LogP contribution in [-0.2, 0) is 0 Å². The molecule has 0 aliphatic rings. The standard InChI is InChI=1S/C8H16O/c1-6(2)8(5-9)7(3)4/h6,9H,5H2,1-4H3. The number of hydrogen-bond donors (Lipinski definition) is 1. The molecular formula is C8H16O. The van der Waals surface area contributed by atoms with Gasteiger partial charge in [-0.15, -0.1) is 0 Å². The van der Waals surface area contributed by atoms with Crippen molar-refractivity contribution in [3.8, 4) is 0 Å². The molecule has 0 saturated heterocycles. The molecule has 0 unspecified atom stereocenters. The van der Waals surface area contributed by atoms with Gasteiger partial charge in [-0.25, -0.2) is 0 Å². The van der Waals surface area contributed by atoms with Crippen LogP contribution in [0.3, 0.4) is 0 Å². The summed E-state index contributed by atoms with van der Waals surface area (Å²) in [6.07, 6.45) is 0. The highest BCUT2D eigenvalue weighted by Crippen LogP contribution is 2.12. The summed E-state index contributed by atoms with van der Waals surface area (Å²) in [5.74, 6) is 0.486. The van der Waals surface area contributed by atoms with Gasteiger partial charge in [0.15, 0.2) is 0 Å². The molecule has 54 valence electrons. The second kappa shape index (κ2) is 3.67. The van der Waals surface area contributed by atoms with E-state index >= 15 is 0 Å². The number of aliphatic hydroxyl groups excluding tert-OH is 1. The minimum absolute atomic E-state index is 0.208. The van der Waals surface area contributed by atoms with Gasteiger partial charge in [-0.2, -0.15) is 0 Å². The molecular weight excluding hydrogens is 112 g/mol. The summed E-state index contributed by atoms with van der Waals surface area (Å²) in [4.78, 5) is 0. The minimum atomic E-state index is 0.208. The molecule has 0 aliphatic carbocycles. The summed E-state index contributed by atoms with van der Waals surface area (Å²) >= 11 is 0. The molecule has 0 radical (unpaired) electrons. The van der Waals surface area contributed by atoms with Crippen molar-refractivity contribution in [2.75, 3.05) is 6.61 Å². The van der Waals surface area contributed by atoms with Crippen molar-refractivity contribution in [1.29, 1.82) is 0 Å². The maximum absolute atomic E-state index is 8.81. The lowest BCUT2D eigenvalue weighted by Crippen LogP contribution is -2.00. The normalized spacial score (nSPS) is 10.0. The number of aliphatic hydroxyl groups is 1. The lowest BCUT2D eigenvalue weighted by Gasteiger charge is -2.09. The van der Waals surface area contributed by atoms with Crippen molar-refractivity contribution in [3.63, 3.8) is 0 Å². The van der Waals surface area contributed by atoms with E-state index < -0.39 is 0 Å². The lowest BCUT2D eigenvalue weighted by atomic mass is 10.00. The third kappa shape index (κ3) is 2.66. The van der Waals surface area contributed by atoms with Gasteiger partial charge in [0.25, 0.3) is 0 Å². The predicted octanol–water partition coefficient (Wildman–Crippen LogP) is 1.97. The highest BCUT2D eigenvalue weighted by molar-refractivity contribution is 5.11. The highest BCUT2D eigenvalue weighted by atomic mass is 16.3. The first-order valence-corrected chi connectivity index (χ1v) is 3.36. The average molecular weight is 128 g/mol. The summed E-state index contributed by atoms with van der Waals surface area (Å²) in [5, 5.41) is 8.81. The average Bonchev–Trinajstić information content (AvgIpc) is 1.64. The largest absolute Gasteiger partial charge is 0.392 e. The maximum Gasteiger partial charge on any atom is 0.0646 e. The van der Waals surface area contributed by atoms with Crippen molar-refractivity contribution in [2.45, 2.75) is 27.7 Å². The van der Waals surface area contributed by atoms with E-state index in [2.05, 4.69) is 13.8 Å². The Bertz CT molecular complexity index is 108. The molecule has 1 N–H and O–H groups in total. The predicted molar refractivity (Wildman–Crippen MR) is 40.3 cm³/mol. The SMILES string of the molecule is CC(C)=C(CO)C(C)C. The van der Waals surface area contributed by atoms with Crippen LogP contribution in [0.1, 0.15) is 27.7 Å². The second-order valence-corrected chi connectivity index (χ2v) is 2.84. The quantitative estimate of drug-likeness (QED) is 0.564. The Labute approximate surface area is 57.4 Å². The van der Waals surface area contributed by atoms with E-state index in [4.69, 9.17) is 5.11 Å². The van der Waals surface area contributed by atoms with Crippen LogP contribution in [0.5, 0.6) is 0 Å². The Hall–Kier alpha value is -0.300. The van der Waals surface area contributed by atoms with E-state index in [-0.39, 0.29) is 6.61 Å². The van der Waals surface area contributed by atoms with Gasteiger partial charge >= 0.3 is 0 Å². The van der Waals surface area contributed by atoms with Crippen molar-refractivity contribution in [1.82, 2.24) is 0 Å². The summed E-state index contributed by atoms with van der Waals surface area (Å²) in [5.41, 5.74) is 2.41. The second-order valence-electron chi connectivity index (χ2n) is 2.84. The van der Waals surface area contributed by atoms with Crippen molar-refractivity contribution >= 4 is 0 Å². The zero-order valence-electron chi connectivity index (χ0n) is 6.73. The van der Waals surface area contributed by atoms with Crippen molar-refractivity contribution in [2.24, 2.45) is 5.92 Å². The smallest absolute Gasteiger partial charge is 0.0646 e. The van der Waals surface area contributed by atoms with Crippen LogP contribution >= 0.6 is 0 Å². The van der Waals surface area contributed by atoms with Gasteiger partial charge in [-0.1, -0.05) is 19.4 Å². The van der Waals surface area contributed by atoms with Gasteiger partial charge in [0.1, 0.15) is 0 Å². The van der Waals surface area contributed by atoms with Gasteiger partial charge in [-0.3, -0.25) is 0 Å². The Morgan fingerprint density at radius 1 is 1.33 bits per heavy atom. The van der Waals surface area contributed by atoms with Gasteiger partial charge in [-0.05, 0) is 25.3 Å². The third-order valence-corrected chi connectivity index (χ3v) is 1.51. The summed E-state index contributed by atoms with van der Waals surface area (Å²) in [6.45, 7) is 8.47. The van der Waals surface area contributed by atoms with Crippen LogP contribution in [0.2, 0.25) is 0 Å². The summed E-state index contributed by atoms with van der Waals surface area (Å²) in [7, 11) is 0. The van der Waals surface area contributed by atoms with Crippen molar-refractivity contribution < 1.29 is 5.11 Å². The van der Waals surface area contributed by atoms with E-state index in [1.165, 1.54) is 5.57 Å². The molecule has 0 amide bonds. The first-order chi connectivity index (χ1) is 4.09. The molecule has 1 heteroatoms. The molecule has 0 fully saturated rings. The molecule has 0 spiro atoms. The van der Waals surface area contributed by atoms with Crippen LogP contribution in [0.15, 0.2) is 11.1 Å². The summed E-state index contributed by atoms with van der Waals surface area (Å²) in [6, 6.07) is 0. The van der Waals surface area contributed by atoms with Crippen LogP contribution < -0.4 is 0 Å². The lowest BCUT2D eigenvalue weighted by molar-refractivity contribution is 0.317. The monoisotopic (exact) mass is 128 g/mol. The fourth-order valence-corrected chi connectivity index (χ4v) is 0.918. The zero-order chi connectivity index (χ0) is 7.44. The molecule has 1 nitrogen and oxygen atoms in total. The first-order valence-electron chi connectivity index (χ1n) is 3.36. The van der Waals surface area contributed by atoms with Gasteiger partial charge in [0, 0.05) is 0 Å². The van der Waals surface area contributed by atoms with E-state index in [1.54, 1.807) is 0 Å². The molecule has 0 bridgehead atoms. The van der Waals surface area contributed by atoms with Crippen molar-refractivity contribution in [3.05, 3.63) is 11.1 Å². The molecule has 0 rings (SSSR count). The van der Waals surface area contributed by atoms with Gasteiger partial charge in [0.2, 0.25) is 0 Å². The van der Waals surface area contributed by atoms with Gasteiger partial charge in [0.05, 0.1) is 6.61 Å². The highest BCUT2D eigenvalue weighted by Gasteiger charge is 2.01. The number of hydrogen-bond acceptors (Lipinski definition) is 1. The fraction of sp³-hybridized carbons (Fsp3) is 0.750. The Kier molecular flexibility index (Phi) is 3.55. The van der Waals surface area contributed by atoms with Crippen LogP contribution in [0.25, 0.3) is 0 Å². The molecule has 0 aliphatic heterocycles. The van der Waals surface area contributed by atoms with E-state index in [0.29, 0.717) is 5.92 Å². The molecule has 9 heavy (non-hydrogen) atoms. The maximum atomic E-state index is 8.81. The Morgan fingerprint density at radius 3 is 1.78 bits per heavy atom. The Balaban J connectivity index is 4.16. The minimum Gasteiger partial charge on any atom is -0.392 e. The van der Waals surface area contributed by atoms with Crippen LogP contribution in [-0.4, -0.2) is 11.7 Å². The molecule has 0 aromatic carbocycles. The number of rotatable bonds is 2. The van der Waals surface area contributed by atoms with Crippen LogP contribution in [0.4, 0.5) is 0 Å². The summed E-state index contributed by atoms with van der Waals surface area (Å²) < 4.78 is 0. The van der Waals surface area contributed by atoms with Gasteiger partial charge < -0.3 is 5.11 Å². The molecule has 0 atom stereocenters. The number of allylic oxidation sites excluding steroid dienone is 1. The first kappa shape index (κ1) is 8.70. The topological polar surface area (TPSA) is 20.2 Å². The Morgan fingerprint density at radius 2 is 1.78 bits per heavy atom.